The van der Waals surface area contributed by atoms with Crippen LogP contribution in [0.1, 0.15) is 56.2 Å². The Kier molecular flexibility index (Phi) is 4.61. The fraction of sp³-hybridized carbons (Fsp3) is 0.292. The van der Waals surface area contributed by atoms with Gasteiger partial charge < -0.3 is 5.32 Å². The monoisotopic (exact) mass is 387 g/mol. The number of anilines is 1. The Morgan fingerprint density at radius 1 is 1.00 bits per heavy atom. The van der Waals surface area contributed by atoms with Crippen LogP contribution in [0.4, 0.5) is 5.82 Å². The number of nitrogens with one attached hydrogen (secondary N) is 1. The topological polar surface area (TPSA) is 64.0 Å². The van der Waals surface area contributed by atoms with Gasteiger partial charge in [-0.15, -0.1) is 0 Å². The van der Waals surface area contributed by atoms with Gasteiger partial charge in [0.2, 0.25) is 5.91 Å². The maximum absolute atomic E-state index is 13.5. The number of amides is 1. The van der Waals surface area contributed by atoms with E-state index in [1.807, 2.05) is 65.0 Å². The first-order valence-electron chi connectivity index (χ1n) is 9.84. The second kappa shape index (κ2) is 6.99. The van der Waals surface area contributed by atoms with Crippen molar-refractivity contribution in [3.63, 3.8) is 0 Å². The molecule has 0 spiro atoms. The van der Waals surface area contributed by atoms with Crippen LogP contribution in [0, 0.1) is 34.6 Å². The summed E-state index contributed by atoms with van der Waals surface area (Å²) in [6.07, 6.45) is 0.137. The molecule has 1 N–H and O–H groups in total. The van der Waals surface area contributed by atoms with Gasteiger partial charge >= 0.3 is 0 Å². The van der Waals surface area contributed by atoms with E-state index in [4.69, 9.17) is 5.10 Å². The first-order chi connectivity index (χ1) is 13.7. The number of hydrogen-bond acceptors (Lipinski definition) is 3. The van der Waals surface area contributed by atoms with Gasteiger partial charge in [-0.3, -0.25) is 9.59 Å². The van der Waals surface area contributed by atoms with Crippen molar-refractivity contribution in [2.75, 3.05) is 5.32 Å². The summed E-state index contributed by atoms with van der Waals surface area (Å²) in [5, 5.41) is 7.65. The van der Waals surface area contributed by atoms with Crippen molar-refractivity contribution in [3.05, 3.63) is 75.5 Å². The Bertz CT molecular complexity index is 1140. The minimum Gasteiger partial charge on any atom is -0.310 e. The first kappa shape index (κ1) is 19.1. The molecule has 4 rings (SSSR count). The maximum atomic E-state index is 13.5. The number of carbonyl (C=O) groups is 2. The maximum Gasteiger partial charge on any atom is 0.226 e. The highest BCUT2D eigenvalue weighted by atomic mass is 16.2. The fourth-order valence-electron chi connectivity index (χ4n) is 4.22. The molecule has 1 aliphatic heterocycles. The fourth-order valence-corrected chi connectivity index (χ4v) is 4.22. The van der Waals surface area contributed by atoms with Crippen LogP contribution in [-0.2, 0) is 4.79 Å². The molecule has 0 saturated heterocycles. The average Bonchev–Trinajstić information content (AvgIpc) is 2.98. The smallest absolute Gasteiger partial charge is 0.226 e. The number of carbonyl (C=O) groups excluding carboxylic acids is 2. The molecular formula is C24H25N3O2. The Labute approximate surface area is 170 Å². The minimum atomic E-state index is -0.529. The van der Waals surface area contributed by atoms with Gasteiger partial charge in [-0.1, -0.05) is 23.8 Å². The summed E-state index contributed by atoms with van der Waals surface area (Å²) in [6.45, 7) is 9.87. The Balaban J connectivity index is 1.86. The number of ketones is 1. The third-order valence-electron chi connectivity index (χ3n) is 5.53. The van der Waals surface area contributed by atoms with E-state index in [2.05, 4.69) is 11.4 Å². The number of aromatic nitrogens is 2. The molecule has 5 heteroatoms. The van der Waals surface area contributed by atoms with E-state index in [0.717, 1.165) is 39.2 Å². The molecular weight excluding hydrogens is 362 g/mol. The number of Topliss-reactive ketones (excluding diaryl/α,β-unsaturated/α-hetero) is 1. The number of hydrogen-bond donors (Lipinski definition) is 1. The van der Waals surface area contributed by atoms with Crippen LogP contribution in [-0.4, -0.2) is 21.5 Å². The van der Waals surface area contributed by atoms with Crippen molar-refractivity contribution < 1.29 is 9.59 Å². The van der Waals surface area contributed by atoms with Gasteiger partial charge in [-0.2, -0.15) is 5.10 Å². The van der Waals surface area contributed by atoms with Crippen LogP contribution in [0.5, 0.6) is 0 Å². The van der Waals surface area contributed by atoms with Gasteiger partial charge in [-0.05, 0) is 69.5 Å². The van der Waals surface area contributed by atoms with Crippen LogP contribution in [0.2, 0.25) is 0 Å². The highest BCUT2D eigenvalue weighted by molar-refractivity contribution is 6.08. The van der Waals surface area contributed by atoms with Crippen molar-refractivity contribution in [2.24, 2.45) is 0 Å². The van der Waals surface area contributed by atoms with Crippen molar-refractivity contribution in [2.45, 2.75) is 47.0 Å². The molecule has 3 aromatic rings. The van der Waals surface area contributed by atoms with Gasteiger partial charge in [-0.25, -0.2) is 4.68 Å². The molecule has 2 aromatic carbocycles. The molecule has 0 unspecified atom stereocenters. The van der Waals surface area contributed by atoms with Crippen molar-refractivity contribution in [3.8, 4) is 5.69 Å². The molecule has 148 valence electrons. The summed E-state index contributed by atoms with van der Waals surface area (Å²) in [5.41, 5.74) is 7.33. The molecule has 2 heterocycles. The van der Waals surface area contributed by atoms with Crippen LogP contribution in [0.3, 0.4) is 0 Å². The molecule has 0 aliphatic carbocycles. The number of nitrogens with zero attached hydrogens (tertiary/aromatic N) is 2. The molecule has 5 nitrogen and oxygen atoms in total. The van der Waals surface area contributed by atoms with Gasteiger partial charge in [0.25, 0.3) is 0 Å². The molecule has 1 aliphatic rings. The molecule has 0 saturated carbocycles. The number of benzene rings is 2. The second-order valence-corrected chi connectivity index (χ2v) is 8.09. The summed E-state index contributed by atoms with van der Waals surface area (Å²) in [7, 11) is 0. The molecule has 1 amide bonds. The van der Waals surface area contributed by atoms with E-state index in [0.29, 0.717) is 11.4 Å². The zero-order chi connectivity index (χ0) is 20.9. The highest BCUT2D eigenvalue weighted by Gasteiger charge is 2.36. The number of aryl methyl sites for hydroxylation is 5. The van der Waals surface area contributed by atoms with Crippen LogP contribution in [0.15, 0.2) is 36.4 Å². The van der Waals surface area contributed by atoms with Gasteiger partial charge in [0.1, 0.15) is 5.82 Å². The van der Waals surface area contributed by atoms with Gasteiger partial charge in [0, 0.05) is 17.5 Å². The number of rotatable bonds is 3. The largest absolute Gasteiger partial charge is 0.310 e. The zero-order valence-electron chi connectivity index (χ0n) is 17.5. The molecule has 0 fully saturated rings. The molecule has 29 heavy (non-hydrogen) atoms. The Morgan fingerprint density at radius 2 is 1.69 bits per heavy atom. The third-order valence-corrected chi connectivity index (χ3v) is 5.53. The summed E-state index contributed by atoms with van der Waals surface area (Å²) in [6, 6.07) is 12.0. The van der Waals surface area contributed by atoms with E-state index in [-0.39, 0.29) is 18.1 Å². The van der Waals surface area contributed by atoms with Crippen LogP contribution < -0.4 is 5.32 Å². The van der Waals surface area contributed by atoms with E-state index in [1.165, 1.54) is 0 Å². The van der Waals surface area contributed by atoms with E-state index >= 15 is 0 Å². The van der Waals surface area contributed by atoms with Crippen LogP contribution >= 0.6 is 0 Å². The van der Waals surface area contributed by atoms with Crippen molar-refractivity contribution >= 4 is 17.5 Å². The van der Waals surface area contributed by atoms with Gasteiger partial charge in [0.05, 0.1) is 17.3 Å². The quantitative estimate of drug-likeness (QED) is 0.661. The summed E-state index contributed by atoms with van der Waals surface area (Å²) >= 11 is 0. The number of fused-ring (bicyclic) bond motifs is 1. The molecule has 0 radical (unpaired) electrons. The molecule has 0 bridgehead atoms. The van der Waals surface area contributed by atoms with Crippen molar-refractivity contribution in [1.82, 2.24) is 9.78 Å². The first-order valence-corrected chi connectivity index (χ1v) is 9.84. The lowest BCUT2D eigenvalue weighted by atomic mass is 9.84. The van der Waals surface area contributed by atoms with Crippen molar-refractivity contribution in [1.29, 1.82) is 0 Å². The lowest BCUT2D eigenvalue weighted by molar-refractivity contribution is -0.116. The highest BCUT2D eigenvalue weighted by Crippen LogP contribution is 2.38. The van der Waals surface area contributed by atoms with E-state index in [9.17, 15) is 9.59 Å². The third kappa shape index (κ3) is 3.37. The van der Waals surface area contributed by atoms with Gasteiger partial charge in [0.15, 0.2) is 5.78 Å². The van der Waals surface area contributed by atoms with Crippen LogP contribution in [0.25, 0.3) is 5.69 Å². The lowest BCUT2D eigenvalue weighted by Crippen LogP contribution is -2.28. The summed E-state index contributed by atoms with van der Waals surface area (Å²) in [4.78, 5) is 26.0. The zero-order valence-corrected chi connectivity index (χ0v) is 17.5. The Morgan fingerprint density at radius 3 is 2.38 bits per heavy atom. The SMILES string of the molecule is Cc1cc(C)cc(-n2nc(C)c3c2NC(=O)C[C@@H]3C(=O)c2cc(C)ccc2C)c1. The molecule has 1 atom stereocenters. The Hall–Kier alpha value is -3.21. The standard InChI is InChI=1S/C24H25N3O2/c1-13-6-7-16(4)19(11-13)23(29)20-12-21(28)25-24-22(20)17(5)26-27(24)18-9-14(2)8-15(3)10-18/h6-11,20H,12H2,1-5H3,(H,25,28)/t20-/m0/s1. The predicted molar refractivity (Wildman–Crippen MR) is 114 cm³/mol. The lowest BCUT2D eigenvalue weighted by Gasteiger charge is -2.24. The van der Waals surface area contributed by atoms with E-state index in [1.54, 1.807) is 4.68 Å². The minimum absolute atomic E-state index is 0.0228. The van der Waals surface area contributed by atoms with E-state index < -0.39 is 5.92 Å². The normalized spacial score (nSPS) is 15.8. The predicted octanol–water partition coefficient (Wildman–Crippen LogP) is 4.72. The summed E-state index contributed by atoms with van der Waals surface area (Å²) < 4.78 is 1.76. The average molecular weight is 387 g/mol. The molecule has 1 aromatic heterocycles. The summed E-state index contributed by atoms with van der Waals surface area (Å²) in [5.74, 6) is -0.108. The second-order valence-electron chi connectivity index (χ2n) is 8.09.